The monoisotopic (exact) mass is 385 g/mol. The highest BCUT2D eigenvalue weighted by molar-refractivity contribution is 9.10. The van der Waals surface area contributed by atoms with Crippen LogP contribution in [0.1, 0.15) is 15.9 Å². The van der Waals surface area contributed by atoms with Crippen LogP contribution in [0.5, 0.6) is 0 Å². The van der Waals surface area contributed by atoms with E-state index in [9.17, 15) is 9.59 Å². The third kappa shape index (κ3) is 3.36. The van der Waals surface area contributed by atoms with Gasteiger partial charge in [-0.25, -0.2) is 10.2 Å². The second-order valence-corrected chi connectivity index (χ2v) is 5.85. The van der Waals surface area contributed by atoms with Gasteiger partial charge in [-0.15, -0.1) is 0 Å². The number of para-hydroxylation sites is 1. The van der Waals surface area contributed by atoms with Gasteiger partial charge in [0.1, 0.15) is 11.1 Å². The first kappa shape index (κ1) is 15.9. The molecule has 1 amide bonds. The predicted molar refractivity (Wildman–Crippen MR) is 94.8 cm³/mol. The molecule has 0 unspecified atom stereocenters. The molecule has 120 valence electrons. The molecule has 0 atom stereocenters. The Morgan fingerprint density at radius 3 is 2.58 bits per heavy atom. The summed E-state index contributed by atoms with van der Waals surface area (Å²) < 4.78 is 6.04. The van der Waals surface area contributed by atoms with Crippen LogP contribution < -0.4 is 16.8 Å². The van der Waals surface area contributed by atoms with Crippen molar-refractivity contribution in [3.63, 3.8) is 0 Å². The molecule has 0 fully saturated rings. The van der Waals surface area contributed by atoms with Crippen molar-refractivity contribution >= 4 is 38.6 Å². The summed E-state index contributed by atoms with van der Waals surface area (Å²) in [4.78, 5) is 24.0. The smallest absolute Gasteiger partial charge is 0.347 e. The number of rotatable bonds is 3. The van der Waals surface area contributed by atoms with Crippen LogP contribution in [0.25, 0.3) is 11.0 Å². The van der Waals surface area contributed by atoms with Crippen molar-refractivity contribution in [2.75, 3.05) is 0 Å². The van der Waals surface area contributed by atoms with Crippen LogP contribution in [-0.4, -0.2) is 11.7 Å². The third-order valence-corrected chi connectivity index (χ3v) is 3.83. The molecular formula is C17H12BrN3O3. The molecule has 0 aliphatic carbocycles. The normalized spacial score (nSPS) is 11.5. The summed E-state index contributed by atoms with van der Waals surface area (Å²) in [5, 5.41) is 4.50. The van der Waals surface area contributed by atoms with E-state index in [0.717, 1.165) is 4.47 Å². The molecular weight excluding hydrogens is 374 g/mol. The zero-order chi connectivity index (χ0) is 17.1. The molecule has 0 bridgehead atoms. The molecule has 24 heavy (non-hydrogen) atoms. The van der Waals surface area contributed by atoms with Gasteiger partial charge in [0, 0.05) is 15.4 Å². The minimum absolute atomic E-state index is 0.0878. The first-order valence-electron chi connectivity index (χ1n) is 6.97. The molecule has 1 aromatic heterocycles. The van der Waals surface area contributed by atoms with Crippen LogP contribution in [0.2, 0.25) is 0 Å². The van der Waals surface area contributed by atoms with E-state index in [2.05, 4.69) is 26.5 Å². The summed E-state index contributed by atoms with van der Waals surface area (Å²) in [6.07, 6.45) is 0. The summed E-state index contributed by atoms with van der Waals surface area (Å²) in [5.41, 5.74) is 8.47. The fourth-order valence-electron chi connectivity index (χ4n) is 2.08. The van der Waals surface area contributed by atoms with Crippen molar-refractivity contribution in [1.82, 2.24) is 5.43 Å². The van der Waals surface area contributed by atoms with Crippen molar-refractivity contribution in [3.8, 4) is 0 Å². The Kier molecular flexibility index (Phi) is 4.43. The zero-order valence-corrected chi connectivity index (χ0v) is 13.9. The minimum atomic E-state index is -0.618. The van der Waals surface area contributed by atoms with Gasteiger partial charge in [-0.1, -0.05) is 34.1 Å². The number of halogens is 1. The van der Waals surface area contributed by atoms with E-state index in [4.69, 9.17) is 10.2 Å². The second kappa shape index (κ2) is 6.67. The van der Waals surface area contributed by atoms with Crippen molar-refractivity contribution < 1.29 is 9.21 Å². The quantitative estimate of drug-likeness (QED) is 0.313. The molecule has 0 radical (unpaired) electrons. The fourth-order valence-corrected chi connectivity index (χ4v) is 2.34. The van der Waals surface area contributed by atoms with Crippen LogP contribution in [0.3, 0.4) is 0 Å². The Morgan fingerprint density at radius 1 is 1.12 bits per heavy atom. The number of carbonyl (C=O) groups is 1. The number of nitrogens with two attached hydrogens (primary N) is 1. The maximum Gasteiger partial charge on any atom is 0.347 e. The molecule has 2 aromatic carbocycles. The van der Waals surface area contributed by atoms with Gasteiger partial charge in [0.05, 0.1) is 0 Å². The first-order valence-corrected chi connectivity index (χ1v) is 7.76. The molecule has 0 aliphatic heterocycles. The van der Waals surface area contributed by atoms with Gasteiger partial charge in [0.25, 0.3) is 5.91 Å². The van der Waals surface area contributed by atoms with E-state index < -0.39 is 11.5 Å². The van der Waals surface area contributed by atoms with Gasteiger partial charge in [0.15, 0.2) is 5.84 Å². The van der Waals surface area contributed by atoms with Crippen molar-refractivity contribution in [2.24, 2.45) is 10.8 Å². The molecule has 3 rings (SSSR count). The lowest BCUT2D eigenvalue weighted by atomic mass is 10.2. The van der Waals surface area contributed by atoms with E-state index in [1.807, 2.05) is 6.07 Å². The Labute approximate surface area is 145 Å². The molecule has 0 aliphatic rings. The molecule has 7 heteroatoms. The number of hydrogen-bond donors (Lipinski definition) is 2. The third-order valence-electron chi connectivity index (χ3n) is 3.30. The highest BCUT2D eigenvalue weighted by Gasteiger charge is 2.10. The van der Waals surface area contributed by atoms with Gasteiger partial charge in [-0.2, -0.15) is 5.10 Å². The maximum atomic E-state index is 12.0. The number of carbonyl (C=O) groups excluding carboxylic acids is 1. The molecule has 0 saturated carbocycles. The number of nitrogens with zero attached hydrogens (tertiary/aromatic N) is 1. The second-order valence-electron chi connectivity index (χ2n) is 4.93. The van der Waals surface area contributed by atoms with Crippen molar-refractivity contribution in [1.29, 1.82) is 0 Å². The summed E-state index contributed by atoms with van der Waals surface area (Å²) >= 11 is 3.29. The topological polar surface area (TPSA) is 97.7 Å². The number of nitrogens with one attached hydrogen (secondary N) is 1. The van der Waals surface area contributed by atoms with E-state index in [-0.39, 0.29) is 11.4 Å². The van der Waals surface area contributed by atoms with Crippen LogP contribution in [0.15, 0.2) is 73.4 Å². The van der Waals surface area contributed by atoms with E-state index in [1.54, 1.807) is 48.5 Å². The van der Waals surface area contributed by atoms with Crippen LogP contribution in [0.4, 0.5) is 0 Å². The summed E-state index contributed by atoms with van der Waals surface area (Å²) in [5.74, 6) is -0.560. The molecule has 0 saturated heterocycles. The van der Waals surface area contributed by atoms with Crippen LogP contribution >= 0.6 is 15.9 Å². The van der Waals surface area contributed by atoms with Crippen LogP contribution in [0, 0.1) is 0 Å². The van der Waals surface area contributed by atoms with Gasteiger partial charge in [-0.3, -0.25) is 4.79 Å². The van der Waals surface area contributed by atoms with E-state index in [1.165, 1.54) is 0 Å². The standard InChI is InChI=1S/C17H12BrN3O3/c18-12-7-5-10(6-8-12)16(22)21-20-15(19)13-9-11-3-1-2-4-14(11)24-17(13)23/h1-9H,(H2,19,20)(H,21,22). The van der Waals surface area contributed by atoms with Crippen molar-refractivity contribution in [3.05, 3.63) is 80.6 Å². The largest absolute Gasteiger partial charge is 0.422 e. The number of hydrogen-bond acceptors (Lipinski definition) is 4. The molecule has 3 aromatic rings. The molecule has 0 spiro atoms. The lowest BCUT2D eigenvalue weighted by molar-refractivity contribution is 0.0955. The molecule has 6 nitrogen and oxygen atoms in total. The van der Waals surface area contributed by atoms with Crippen LogP contribution in [-0.2, 0) is 0 Å². The summed E-state index contributed by atoms with van der Waals surface area (Å²) in [6, 6.07) is 15.4. The highest BCUT2D eigenvalue weighted by atomic mass is 79.9. The van der Waals surface area contributed by atoms with Gasteiger partial charge in [-0.05, 0) is 36.4 Å². The average Bonchev–Trinajstić information content (AvgIpc) is 2.59. The van der Waals surface area contributed by atoms with Gasteiger partial charge < -0.3 is 10.2 Å². The SMILES string of the molecule is N/C(=N\NC(=O)c1ccc(Br)cc1)c1cc2ccccc2oc1=O. The predicted octanol–water partition coefficient (Wildman–Crippen LogP) is 2.61. The lowest BCUT2D eigenvalue weighted by Gasteiger charge is -2.03. The number of benzene rings is 2. The van der Waals surface area contributed by atoms with E-state index in [0.29, 0.717) is 16.5 Å². The summed E-state index contributed by atoms with van der Waals surface area (Å²) in [7, 11) is 0. The summed E-state index contributed by atoms with van der Waals surface area (Å²) in [6.45, 7) is 0. The fraction of sp³-hybridized carbons (Fsp3) is 0. The van der Waals surface area contributed by atoms with E-state index >= 15 is 0 Å². The Balaban J connectivity index is 1.85. The number of amidine groups is 1. The Bertz CT molecular complexity index is 994. The van der Waals surface area contributed by atoms with Gasteiger partial charge >= 0.3 is 5.63 Å². The lowest BCUT2D eigenvalue weighted by Crippen LogP contribution is -2.27. The Morgan fingerprint density at radius 2 is 1.83 bits per heavy atom. The number of hydrazone groups is 1. The minimum Gasteiger partial charge on any atom is -0.422 e. The maximum absolute atomic E-state index is 12.0. The first-order chi connectivity index (χ1) is 11.5. The average molecular weight is 386 g/mol. The Hall–Kier alpha value is -2.93. The molecule has 1 heterocycles. The van der Waals surface area contributed by atoms with Gasteiger partial charge in [0.2, 0.25) is 0 Å². The van der Waals surface area contributed by atoms with Crippen molar-refractivity contribution in [2.45, 2.75) is 0 Å². The zero-order valence-electron chi connectivity index (χ0n) is 12.3. The number of fused-ring (bicyclic) bond motifs is 1. The molecule has 3 N–H and O–H groups in total. The highest BCUT2D eigenvalue weighted by Crippen LogP contribution is 2.12. The number of amides is 1.